The third kappa shape index (κ3) is 2.42. The first-order valence-electron chi connectivity index (χ1n) is 5.64. The van der Waals surface area contributed by atoms with Crippen molar-refractivity contribution in [1.29, 1.82) is 0 Å². The van der Waals surface area contributed by atoms with Gasteiger partial charge in [0.2, 0.25) is 0 Å². The minimum absolute atomic E-state index is 0.245. The molecule has 0 amide bonds. The molecule has 0 fully saturated rings. The Morgan fingerprint density at radius 2 is 2.25 bits per heavy atom. The van der Waals surface area contributed by atoms with Crippen LogP contribution in [0.1, 0.15) is 31.1 Å². The number of H-pyrrole nitrogens is 1. The fourth-order valence-corrected chi connectivity index (χ4v) is 1.72. The fraction of sp³-hybridized carbons (Fsp3) is 0.308. The van der Waals surface area contributed by atoms with Crippen molar-refractivity contribution in [1.82, 2.24) is 10.2 Å². The third-order valence-corrected chi connectivity index (χ3v) is 2.71. The van der Waals surface area contributed by atoms with Gasteiger partial charge in [0, 0.05) is 11.9 Å². The van der Waals surface area contributed by atoms with E-state index in [0.717, 1.165) is 17.8 Å². The zero-order chi connectivity index (χ0) is 11.4. The second-order valence-electron chi connectivity index (χ2n) is 3.93. The molecule has 0 radical (unpaired) electrons. The van der Waals surface area contributed by atoms with Gasteiger partial charge >= 0.3 is 0 Å². The normalized spacial score (nSPS) is 12.4. The molecule has 1 aromatic carbocycles. The topological polar surface area (TPSA) is 40.7 Å². The fourth-order valence-electron chi connectivity index (χ4n) is 1.72. The molecule has 0 spiro atoms. The Bertz CT molecular complexity index is 434. The molecule has 2 rings (SSSR count). The zero-order valence-corrected chi connectivity index (χ0v) is 9.70. The highest BCUT2D eigenvalue weighted by atomic mass is 15.1. The van der Waals surface area contributed by atoms with Crippen LogP contribution in [0.4, 0.5) is 5.69 Å². The molecule has 1 unspecified atom stereocenters. The zero-order valence-electron chi connectivity index (χ0n) is 9.70. The second kappa shape index (κ2) is 4.84. The van der Waals surface area contributed by atoms with Gasteiger partial charge < -0.3 is 5.32 Å². The van der Waals surface area contributed by atoms with Crippen molar-refractivity contribution in [2.75, 3.05) is 5.32 Å². The Labute approximate surface area is 95.9 Å². The molecule has 2 aromatic rings. The summed E-state index contributed by atoms with van der Waals surface area (Å²) < 4.78 is 0. The Morgan fingerprint density at radius 3 is 2.94 bits per heavy atom. The van der Waals surface area contributed by atoms with Crippen molar-refractivity contribution in [3.05, 3.63) is 47.8 Å². The van der Waals surface area contributed by atoms with E-state index in [-0.39, 0.29) is 6.04 Å². The molecule has 3 nitrogen and oxygen atoms in total. The maximum absolute atomic E-state index is 3.95. The molecule has 1 atom stereocenters. The molecule has 2 N–H and O–H groups in total. The average Bonchev–Trinajstić information content (AvgIpc) is 2.83. The lowest BCUT2D eigenvalue weighted by molar-refractivity contribution is 0.825. The number of aromatic amines is 1. The van der Waals surface area contributed by atoms with Gasteiger partial charge in [-0.15, -0.1) is 0 Å². The first-order chi connectivity index (χ1) is 7.79. The van der Waals surface area contributed by atoms with E-state index in [1.54, 1.807) is 6.20 Å². The number of aryl methyl sites for hydroxylation is 1. The number of hydrogen-bond donors (Lipinski definition) is 2. The molecule has 0 aliphatic rings. The maximum Gasteiger partial charge on any atom is 0.0651 e. The summed E-state index contributed by atoms with van der Waals surface area (Å²) >= 11 is 0. The van der Waals surface area contributed by atoms with Crippen LogP contribution in [0.2, 0.25) is 0 Å². The van der Waals surface area contributed by atoms with Gasteiger partial charge in [0.05, 0.1) is 11.7 Å². The Hall–Kier alpha value is -1.77. The van der Waals surface area contributed by atoms with E-state index in [9.17, 15) is 0 Å². The summed E-state index contributed by atoms with van der Waals surface area (Å²) in [5.74, 6) is 0. The number of rotatable bonds is 4. The van der Waals surface area contributed by atoms with Crippen LogP contribution in [0.3, 0.4) is 0 Å². The lowest BCUT2D eigenvalue weighted by atomic mass is 10.1. The molecular formula is C13H17N3. The minimum atomic E-state index is 0.245. The van der Waals surface area contributed by atoms with Crippen molar-refractivity contribution in [2.24, 2.45) is 0 Å². The summed E-state index contributed by atoms with van der Waals surface area (Å²) in [6.07, 6.45) is 2.84. The SMILES string of the molecule is CCc1cccc(NC(C)c2ccn[nH]2)c1. The lowest BCUT2D eigenvalue weighted by Gasteiger charge is -2.14. The van der Waals surface area contributed by atoms with E-state index in [4.69, 9.17) is 0 Å². The van der Waals surface area contributed by atoms with Gasteiger partial charge in [0.25, 0.3) is 0 Å². The molecule has 0 saturated heterocycles. The van der Waals surface area contributed by atoms with Crippen molar-refractivity contribution < 1.29 is 0 Å². The smallest absolute Gasteiger partial charge is 0.0651 e. The summed E-state index contributed by atoms with van der Waals surface area (Å²) in [5.41, 5.74) is 3.60. The van der Waals surface area contributed by atoms with E-state index in [1.165, 1.54) is 5.56 Å². The van der Waals surface area contributed by atoms with Crippen LogP contribution in [-0.2, 0) is 6.42 Å². The molecule has 1 aromatic heterocycles. The van der Waals surface area contributed by atoms with Gasteiger partial charge in [0.1, 0.15) is 0 Å². The van der Waals surface area contributed by atoms with Crippen molar-refractivity contribution >= 4 is 5.69 Å². The van der Waals surface area contributed by atoms with Crippen molar-refractivity contribution in [2.45, 2.75) is 26.3 Å². The molecule has 0 aliphatic heterocycles. The summed E-state index contributed by atoms with van der Waals surface area (Å²) in [5, 5.41) is 10.4. The average molecular weight is 215 g/mol. The van der Waals surface area contributed by atoms with Gasteiger partial charge in [-0.2, -0.15) is 5.10 Å². The van der Waals surface area contributed by atoms with E-state index in [0.29, 0.717) is 0 Å². The summed E-state index contributed by atoms with van der Waals surface area (Å²) in [6, 6.07) is 10.7. The van der Waals surface area contributed by atoms with Crippen LogP contribution in [0, 0.1) is 0 Å². The van der Waals surface area contributed by atoms with Crippen molar-refractivity contribution in [3.63, 3.8) is 0 Å². The molecule has 0 aliphatic carbocycles. The predicted molar refractivity (Wildman–Crippen MR) is 66.4 cm³/mol. The van der Waals surface area contributed by atoms with Crippen LogP contribution >= 0.6 is 0 Å². The summed E-state index contributed by atoms with van der Waals surface area (Å²) in [7, 11) is 0. The molecular weight excluding hydrogens is 198 g/mol. The Kier molecular flexibility index (Phi) is 3.25. The maximum atomic E-state index is 3.95. The predicted octanol–water partition coefficient (Wildman–Crippen LogP) is 3.15. The third-order valence-electron chi connectivity index (χ3n) is 2.71. The highest BCUT2D eigenvalue weighted by Gasteiger charge is 2.05. The Balaban J connectivity index is 2.08. The largest absolute Gasteiger partial charge is 0.377 e. The first kappa shape index (κ1) is 10.7. The summed E-state index contributed by atoms with van der Waals surface area (Å²) in [6.45, 7) is 4.28. The minimum Gasteiger partial charge on any atom is -0.377 e. The van der Waals surface area contributed by atoms with Crippen LogP contribution < -0.4 is 5.32 Å². The number of benzene rings is 1. The van der Waals surface area contributed by atoms with Crippen LogP contribution in [0.15, 0.2) is 36.5 Å². The number of nitrogens with one attached hydrogen (secondary N) is 2. The van der Waals surface area contributed by atoms with E-state index in [1.807, 2.05) is 6.07 Å². The lowest BCUT2D eigenvalue weighted by Crippen LogP contribution is -2.07. The molecule has 84 valence electrons. The monoisotopic (exact) mass is 215 g/mol. The molecule has 3 heteroatoms. The van der Waals surface area contributed by atoms with E-state index in [2.05, 4.69) is 53.6 Å². The highest BCUT2D eigenvalue weighted by Crippen LogP contribution is 2.18. The van der Waals surface area contributed by atoms with E-state index >= 15 is 0 Å². The molecule has 16 heavy (non-hydrogen) atoms. The molecule has 1 heterocycles. The first-order valence-corrected chi connectivity index (χ1v) is 5.64. The van der Waals surface area contributed by atoms with Gasteiger partial charge in [-0.05, 0) is 37.1 Å². The van der Waals surface area contributed by atoms with E-state index < -0.39 is 0 Å². The Morgan fingerprint density at radius 1 is 1.38 bits per heavy atom. The van der Waals surface area contributed by atoms with Crippen molar-refractivity contribution in [3.8, 4) is 0 Å². The van der Waals surface area contributed by atoms with Crippen LogP contribution in [0.25, 0.3) is 0 Å². The van der Waals surface area contributed by atoms with Gasteiger partial charge in [-0.3, -0.25) is 5.10 Å². The second-order valence-corrected chi connectivity index (χ2v) is 3.93. The van der Waals surface area contributed by atoms with Crippen LogP contribution in [-0.4, -0.2) is 10.2 Å². The van der Waals surface area contributed by atoms with Gasteiger partial charge in [-0.25, -0.2) is 0 Å². The standard InChI is InChI=1S/C13H17N3/c1-3-11-5-4-6-12(9-11)15-10(2)13-7-8-14-16-13/h4-10,15H,3H2,1-2H3,(H,14,16). The number of hydrogen-bond acceptors (Lipinski definition) is 2. The molecule has 0 saturated carbocycles. The number of anilines is 1. The van der Waals surface area contributed by atoms with Gasteiger partial charge in [-0.1, -0.05) is 19.1 Å². The van der Waals surface area contributed by atoms with Gasteiger partial charge in [0.15, 0.2) is 0 Å². The quantitative estimate of drug-likeness (QED) is 0.822. The molecule has 0 bridgehead atoms. The highest BCUT2D eigenvalue weighted by molar-refractivity contribution is 5.47. The number of aromatic nitrogens is 2. The van der Waals surface area contributed by atoms with Crippen LogP contribution in [0.5, 0.6) is 0 Å². The summed E-state index contributed by atoms with van der Waals surface area (Å²) in [4.78, 5) is 0. The number of nitrogens with zero attached hydrogens (tertiary/aromatic N) is 1.